The van der Waals surface area contributed by atoms with E-state index in [2.05, 4.69) is 44.0 Å². The third kappa shape index (κ3) is 3.32. The second kappa shape index (κ2) is 7.14. The molecule has 0 unspecified atom stereocenters. The monoisotopic (exact) mass is 407 g/mol. The van der Waals surface area contributed by atoms with Crippen molar-refractivity contribution in [3.05, 3.63) is 66.7 Å². The largest absolute Gasteiger partial charge is 0.415 e. The molecule has 10 heteroatoms. The molecule has 0 spiro atoms. The van der Waals surface area contributed by atoms with Crippen LogP contribution >= 0.6 is 0 Å². The van der Waals surface area contributed by atoms with E-state index in [1.807, 2.05) is 29.9 Å². The first-order valence-corrected chi connectivity index (χ1v) is 9.09. The Kier molecular flexibility index (Phi) is 4.31. The van der Waals surface area contributed by atoms with Gasteiger partial charge in [-0.1, -0.05) is 23.4 Å². The van der Waals surface area contributed by atoms with Gasteiger partial charge in [0.25, 0.3) is 5.89 Å². The number of fused-ring (bicyclic) bond motifs is 1. The Morgan fingerprint density at radius 3 is 2.70 bits per heavy atom. The molecular formula is C20H15F2N7O. The Morgan fingerprint density at radius 1 is 1.03 bits per heavy atom. The van der Waals surface area contributed by atoms with Crippen molar-refractivity contribution in [2.75, 3.05) is 0 Å². The highest BCUT2D eigenvalue weighted by atomic mass is 19.3. The summed E-state index contributed by atoms with van der Waals surface area (Å²) in [6.45, 7) is 0.407. The van der Waals surface area contributed by atoms with E-state index in [1.54, 1.807) is 16.8 Å². The lowest BCUT2D eigenvalue weighted by atomic mass is 10.1. The van der Waals surface area contributed by atoms with Crippen LogP contribution in [0.5, 0.6) is 0 Å². The summed E-state index contributed by atoms with van der Waals surface area (Å²) in [6.07, 6.45) is 4.68. The van der Waals surface area contributed by atoms with Gasteiger partial charge in [0.15, 0.2) is 0 Å². The molecule has 5 aromatic rings. The number of aromatic nitrogens is 7. The fourth-order valence-electron chi connectivity index (χ4n) is 3.27. The molecule has 4 heterocycles. The van der Waals surface area contributed by atoms with E-state index < -0.39 is 12.3 Å². The Balaban J connectivity index is 1.36. The minimum absolute atomic E-state index is 0.00310. The van der Waals surface area contributed by atoms with Gasteiger partial charge < -0.3 is 8.98 Å². The van der Waals surface area contributed by atoms with E-state index in [0.717, 1.165) is 27.7 Å². The molecule has 0 saturated carbocycles. The highest BCUT2D eigenvalue weighted by molar-refractivity contribution is 5.95. The van der Waals surface area contributed by atoms with Gasteiger partial charge in [-0.25, -0.2) is 4.68 Å². The first-order valence-electron chi connectivity index (χ1n) is 9.09. The van der Waals surface area contributed by atoms with Crippen molar-refractivity contribution in [2.24, 2.45) is 7.05 Å². The Hall–Kier alpha value is -3.95. The number of nitrogens with zero attached hydrogens (tertiary/aromatic N) is 7. The van der Waals surface area contributed by atoms with Gasteiger partial charge in [0, 0.05) is 36.6 Å². The van der Waals surface area contributed by atoms with Gasteiger partial charge >= 0.3 is 6.43 Å². The number of alkyl halides is 2. The quantitative estimate of drug-likeness (QED) is 0.440. The van der Waals surface area contributed by atoms with Gasteiger partial charge in [-0.05, 0) is 17.5 Å². The number of benzene rings is 1. The molecule has 30 heavy (non-hydrogen) atoms. The lowest BCUT2D eigenvalue weighted by molar-refractivity contribution is 0.116. The fourth-order valence-corrected chi connectivity index (χ4v) is 3.27. The second-order valence-electron chi connectivity index (χ2n) is 6.82. The molecular weight excluding hydrogens is 392 g/mol. The van der Waals surface area contributed by atoms with Crippen LogP contribution in [0.4, 0.5) is 8.78 Å². The topological polar surface area (TPSA) is 87.5 Å². The molecule has 0 amide bonds. The van der Waals surface area contributed by atoms with E-state index in [-0.39, 0.29) is 5.89 Å². The molecule has 0 N–H and O–H groups in total. The van der Waals surface area contributed by atoms with Crippen molar-refractivity contribution < 1.29 is 13.2 Å². The normalized spacial score (nSPS) is 11.6. The molecule has 0 aliphatic rings. The van der Waals surface area contributed by atoms with Crippen LogP contribution in [0.1, 0.15) is 18.0 Å². The smallest absolute Gasteiger partial charge is 0.314 e. The van der Waals surface area contributed by atoms with Crippen LogP contribution in [0.15, 0.2) is 59.5 Å². The van der Waals surface area contributed by atoms with Crippen LogP contribution in [-0.4, -0.2) is 34.7 Å². The van der Waals surface area contributed by atoms with Gasteiger partial charge in [0.1, 0.15) is 5.69 Å². The van der Waals surface area contributed by atoms with Gasteiger partial charge in [-0.15, -0.1) is 15.3 Å². The zero-order valence-electron chi connectivity index (χ0n) is 15.8. The molecule has 150 valence electrons. The maximum absolute atomic E-state index is 12.6. The Bertz CT molecular complexity index is 1320. The average Bonchev–Trinajstić information content (AvgIpc) is 3.47. The van der Waals surface area contributed by atoms with Crippen molar-refractivity contribution >= 4 is 10.8 Å². The molecule has 0 radical (unpaired) electrons. The highest BCUT2D eigenvalue weighted by Crippen LogP contribution is 2.27. The van der Waals surface area contributed by atoms with Crippen LogP contribution < -0.4 is 0 Å². The minimum Gasteiger partial charge on any atom is -0.415 e. The standard InChI is InChI=1S/C20H15F2N7O/c1-28-8-13-3-2-4-15(16(13)10-28)17-11-29(27-24-17)9-14-6-5-12(7-23-14)19-25-26-20(30-19)18(21)22/h2-8,10-11,18H,9H2,1H3. The van der Waals surface area contributed by atoms with Crippen molar-refractivity contribution in [1.82, 2.24) is 34.7 Å². The zero-order valence-corrected chi connectivity index (χ0v) is 15.8. The van der Waals surface area contributed by atoms with Gasteiger partial charge in [-0.3, -0.25) is 4.98 Å². The summed E-state index contributed by atoms with van der Waals surface area (Å²) in [5.74, 6) is -0.707. The second-order valence-corrected chi connectivity index (χ2v) is 6.82. The SMILES string of the molecule is Cn1cc2cccc(-c3cn(Cc4ccc(-c5nnc(C(F)F)o5)cn4)nn3)c2c1. The van der Waals surface area contributed by atoms with Crippen LogP contribution in [0.25, 0.3) is 33.5 Å². The molecule has 0 aliphatic heterocycles. The first kappa shape index (κ1) is 18.1. The fraction of sp³-hybridized carbons (Fsp3) is 0.150. The number of hydrogen-bond acceptors (Lipinski definition) is 6. The number of aryl methyl sites for hydroxylation is 1. The number of halogens is 2. The van der Waals surface area contributed by atoms with E-state index in [4.69, 9.17) is 4.42 Å². The van der Waals surface area contributed by atoms with E-state index in [9.17, 15) is 8.78 Å². The highest BCUT2D eigenvalue weighted by Gasteiger charge is 2.17. The van der Waals surface area contributed by atoms with Crippen LogP contribution in [-0.2, 0) is 13.6 Å². The van der Waals surface area contributed by atoms with Crippen LogP contribution in [0.2, 0.25) is 0 Å². The molecule has 5 rings (SSSR count). The number of hydrogen-bond donors (Lipinski definition) is 0. The number of pyridine rings is 1. The van der Waals surface area contributed by atoms with Crippen molar-refractivity contribution in [3.8, 4) is 22.7 Å². The van der Waals surface area contributed by atoms with Gasteiger partial charge in [-0.2, -0.15) is 8.78 Å². The maximum Gasteiger partial charge on any atom is 0.314 e. The number of rotatable bonds is 5. The van der Waals surface area contributed by atoms with E-state index in [0.29, 0.717) is 12.1 Å². The van der Waals surface area contributed by atoms with Crippen LogP contribution in [0, 0.1) is 0 Å². The summed E-state index contributed by atoms with van der Waals surface area (Å²) >= 11 is 0. The summed E-state index contributed by atoms with van der Waals surface area (Å²) in [6, 6.07) is 9.51. The summed E-state index contributed by atoms with van der Waals surface area (Å²) < 4.78 is 33.8. The van der Waals surface area contributed by atoms with Gasteiger partial charge in [0.05, 0.1) is 24.0 Å². The first-order chi connectivity index (χ1) is 14.6. The van der Waals surface area contributed by atoms with Crippen molar-refractivity contribution in [1.29, 1.82) is 0 Å². The summed E-state index contributed by atoms with van der Waals surface area (Å²) in [5, 5.41) is 17.7. The minimum atomic E-state index is -2.80. The van der Waals surface area contributed by atoms with Crippen LogP contribution in [0.3, 0.4) is 0 Å². The molecule has 0 saturated heterocycles. The summed E-state index contributed by atoms with van der Waals surface area (Å²) in [7, 11) is 1.98. The molecule has 0 bridgehead atoms. The molecule has 1 aromatic carbocycles. The molecule has 4 aromatic heterocycles. The lowest BCUT2D eigenvalue weighted by Crippen LogP contribution is -2.02. The van der Waals surface area contributed by atoms with E-state index >= 15 is 0 Å². The molecule has 0 fully saturated rings. The predicted octanol–water partition coefficient (Wildman–Crippen LogP) is 3.87. The van der Waals surface area contributed by atoms with Gasteiger partial charge in [0.2, 0.25) is 5.89 Å². The Morgan fingerprint density at radius 2 is 1.93 bits per heavy atom. The zero-order chi connectivity index (χ0) is 20.7. The lowest BCUT2D eigenvalue weighted by Gasteiger charge is -2.01. The van der Waals surface area contributed by atoms with E-state index in [1.165, 1.54) is 6.20 Å². The third-order valence-corrected chi connectivity index (χ3v) is 4.65. The summed E-state index contributed by atoms with van der Waals surface area (Å²) in [4.78, 5) is 4.33. The predicted molar refractivity (Wildman–Crippen MR) is 104 cm³/mol. The molecule has 0 aliphatic carbocycles. The molecule has 0 atom stereocenters. The van der Waals surface area contributed by atoms with Crippen molar-refractivity contribution in [2.45, 2.75) is 13.0 Å². The Labute approximate surface area is 168 Å². The summed E-state index contributed by atoms with van der Waals surface area (Å²) in [5.41, 5.74) is 2.97. The molecule has 8 nitrogen and oxygen atoms in total. The third-order valence-electron chi connectivity index (χ3n) is 4.65. The average molecular weight is 407 g/mol. The maximum atomic E-state index is 12.6. The van der Waals surface area contributed by atoms with Crippen molar-refractivity contribution in [3.63, 3.8) is 0 Å².